The molecule has 0 aromatic heterocycles. The first kappa shape index (κ1) is 11.9. The summed E-state index contributed by atoms with van der Waals surface area (Å²) in [5, 5.41) is 19.5. The van der Waals surface area contributed by atoms with E-state index in [1.165, 1.54) is 25.3 Å². The van der Waals surface area contributed by atoms with Crippen LogP contribution in [-0.4, -0.2) is 25.2 Å². The first-order valence-electron chi connectivity index (χ1n) is 4.50. The van der Waals surface area contributed by atoms with Gasteiger partial charge in [0.1, 0.15) is 18.2 Å². The first-order chi connectivity index (χ1) is 7.70. The topological polar surface area (TPSA) is 85.4 Å². The van der Waals surface area contributed by atoms with E-state index in [9.17, 15) is 10.1 Å². The number of methoxy groups -OCH3 is 1. The third kappa shape index (κ3) is 2.68. The minimum atomic E-state index is -0.624. The van der Waals surface area contributed by atoms with Crippen LogP contribution in [0.4, 0.5) is 5.69 Å². The molecule has 0 bridgehead atoms. The van der Waals surface area contributed by atoms with Gasteiger partial charge in [0.2, 0.25) is 0 Å². The quantitative estimate of drug-likeness (QED) is 0.428. The van der Waals surface area contributed by atoms with E-state index in [4.69, 9.17) is 14.7 Å². The Bertz CT molecular complexity index is 425. The molecule has 0 spiro atoms. The van der Waals surface area contributed by atoms with Gasteiger partial charge in [-0.15, -0.1) is 0 Å². The molecule has 0 N–H and O–H groups in total. The van der Waals surface area contributed by atoms with Crippen LogP contribution in [0, 0.1) is 21.4 Å². The van der Waals surface area contributed by atoms with Gasteiger partial charge in [-0.25, -0.2) is 0 Å². The summed E-state index contributed by atoms with van der Waals surface area (Å²) in [6, 6.07) is 6.12. The SMILES string of the molecule is COCCOc1cccc(C#N)c1[N+](=O)[O-]. The van der Waals surface area contributed by atoms with Gasteiger partial charge in [0, 0.05) is 7.11 Å². The van der Waals surface area contributed by atoms with E-state index in [-0.39, 0.29) is 23.6 Å². The van der Waals surface area contributed by atoms with E-state index in [0.29, 0.717) is 6.61 Å². The van der Waals surface area contributed by atoms with Crippen LogP contribution in [0.5, 0.6) is 5.75 Å². The highest BCUT2D eigenvalue weighted by Crippen LogP contribution is 2.30. The minimum Gasteiger partial charge on any atom is -0.484 e. The second-order valence-electron chi connectivity index (χ2n) is 2.86. The van der Waals surface area contributed by atoms with Crippen molar-refractivity contribution in [2.75, 3.05) is 20.3 Å². The largest absolute Gasteiger partial charge is 0.484 e. The molecule has 6 nitrogen and oxygen atoms in total. The number of nitrogens with zero attached hydrogens (tertiary/aromatic N) is 2. The van der Waals surface area contributed by atoms with Gasteiger partial charge in [-0.1, -0.05) is 6.07 Å². The second-order valence-corrected chi connectivity index (χ2v) is 2.86. The molecule has 0 radical (unpaired) electrons. The van der Waals surface area contributed by atoms with E-state index in [0.717, 1.165) is 0 Å². The zero-order valence-corrected chi connectivity index (χ0v) is 8.67. The number of rotatable bonds is 5. The molecule has 16 heavy (non-hydrogen) atoms. The lowest BCUT2D eigenvalue weighted by Crippen LogP contribution is -2.06. The van der Waals surface area contributed by atoms with Gasteiger partial charge in [-0.2, -0.15) is 5.26 Å². The fourth-order valence-corrected chi connectivity index (χ4v) is 1.15. The fraction of sp³-hybridized carbons (Fsp3) is 0.300. The third-order valence-corrected chi connectivity index (χ3v) is 1.85. The Kier molecular flexibility index (Phi) is 4.24. The lowest BCUT2D eigenvalue weighted by molar-refractivity contribution is -0.386. The van der Waals surface area contributed by atoms with Gasteiger partial charge >= 0.3 is 5.69 Å². The average Bonchev–Trinajstić information content (AvgIpc) is 2.28. The Labute approximate surface area is 92.2 Å². The van der Waals surface area contributed by atoms with Gasteiger partial charge in [0.15, 0.2) is 5.75 Å². The monoisotopic (exact) mass is 222 g/mol. The third-order valence-electron chi connectivity index (χ3n) is 1.85. The lowest BCUT2D eigenvalue weighted by Gasteiger charge is -2.06. The molecule has 0 heterocycles. The predicted octanol–water partition coefficient (Wildman–Crippen LogP) is 1.49. The molecular formula is C10H10N2O4. The Hall–Kier alpha value is -2.13. The predicted molar refractivity (Wildman–Crippen MR) is 55.2 cm³/mol. The van der Waals surface area contributed by atoms with Crippen LogP contribution in [0.2, 0.25) is 0 Å². The second kappa shape index (κ2) is 5.68. The fourth-order valence-electron chi connectivity index (χ4n) is 1.15. The maximum absolute atomic E-state index is 10.8. The molecule has 84 valence electrons. The van der Waals surface area contributed by atoms with Gasteiger partial charge in [-0.05, 0) is 12.1 Å². The summed E-state index contributed by atoms with van der Waals surface area (Å²) in [6.45, 7) is 0.528. The molecule has 0 aliphatic heterocycles. The van der Waals surface area contributed by atoms with Crippen molar-refractivity contribution in [3.63, 3.8) is 0 Å². The summed E-state index contributed by atoms with van der Waals surface area (Å²) in [5.41, 5.74) is -0.319. The number of para-hydroxylation sites is 1. The normalized spacial score (nSPS) is 9.50. The number of nitriles is 1. The summed E-state index contributed by atoms with van der Waals surface area (Å²) in [6.07, 6.45) is 0. The van der Waals surface area contributed by atoms with Crippen LogP contribution in [0.15, 0.2) is 18.2 Å². The molecule has 1 aromatic carbocycles. The van der Waals surface area contributed by atoms with Crippen LogP contribution < -0.4 is 4.74 Å². The Morgan fingerprint density at radius 1 is 1.50 bits per heavy atom. The molecule has 1 rings (SSSR count). The molecule has 6 heteroatoms. The first-order valence-corrected chi connectivity index (χ1v) is 4.50. The smallest absolute Gasteiger partial charge is 0.328 e. The Morgan fingerprint density at radius 3 is 2.81 bits per heavy atom. The number of hydrogen-bond acceptors (Lipinski definition) is 5. The van der Waals surface area contributed by atoms with Crippen molar-refractivity contribution in [1.82, 2.24) is 0 Å². The molecule has 0 fully saturated rings. The molecule has 0 amide bonds. The molecule has 0 atom stereocenters. The zero-order chi connectivity index (χ0) is 12.0. The number of nitro groups is 1. The Morgan fingerprint density at radius 2 is 2.25 bits per heavy atom. The molecule has 0 aliphatic carbocycles. The van der Waals surface area contributed by atoms with Crippen LogP contribution in [0.1, 0.15) is 5.56 Å². The van der Waals surface area contributed by atoms with Gasteiger partial charge < -0.3 is 9.47 Å². The van der Waals surface area contributed by atoms with Crippen molar-refractivity contribution in [1.29, 1.82) is 5.26 Å². The summed E-state index contributed by atoms with van der Waals surface area (Å²) in [7, 11) is 1.50. The summed E-state index contributed by atoms with van der Waals surface area (Å²) in [5.74, 6) is 0.0844. The van der Waals surface area contributed by atoms with E-state index < -0.39 is 4.92 Å². The molecule has 0 saturated carbocycles. The highest BCUT2D eigenvalue weighted by molar-refractivity contribution is 5.57. The molecule has 1 aromatic rings. The number of benzene rings is 1. The lowest BCUT2D eigenvalue weighted by atomic mass is 10.2. The van der Waals surface area contributed by atoms with Crippen molar-refractivity contribution in [2.24, 2.45) is 0 Å². The van der Waals surface area contributed by atoms with E-state index >= 15 is 0 Å². The molecule has 0 saturated heterocycles. The van der Waals surface area contributed by atoms with Crippen LogP contribution in [0.3, 0.4) is 0 Å². The van der Waals surface area contributed by atoms with Crippen molar-refractivity contribution in [3.05, 3.63) is 33.9 Å². The highest BCUT2D eigenvalue weighted by Gasteiger charge is 2.20. The van der Waals surface area contributed by atoms with E-state index in [2.05, 4.69) is 0 Å². The average molecular weight is 222 g/mol. The van der Waals surface area contributed by atoms with Crippen molar-refractivity contribution in [3.8, 4) is 11.8 Å². The maximum Gasteiger partial charge on any atom is 0.328 e. The number of ether oxygens (including phenoxy) is 2. The number of nitro benzene ring substituents is 1. The van der Waals surface area contributed by atoms with Crippen LogP contribution >= 0.6 is 0 Å². The molecular weight excluding hydrogens is 212 g/mol. The van der Waals surface area contributed by atoms with Crippen molar-refractivity contribution in [2.45, 2.75) is 0 Å². The van der Waals surface area contributed by atoms with E-state index in [1.807, 2.05) is 0 Å². The van der Waals surface area contributed by atoms with E-state index in [1.54, 1.807) is 6.07 Å². The van der Waals surface area contributed by atoms with Crippen molar-refractivity contribution >= 4 is 5.69 Å². The standard InChI is InChI=1S/C10H10N2O4/c1-15-5-6-16-9-4-2-3-8(7-11)10(9)12(13)14/h2-4H,5-6H2,1H3. The summed E-state index contributed by atoms with van der Waals surface area (Å²) in [4.78, 5) is 10.2. The molecule has 0 aliphatic rings. The van der Waals surface area contributed by atoms with Gasteiger partial charge in [0.25, 0.3) is 0 Å². The zero-order valence-electron chi connectivity index (χ0n) is 8.67. The highest BCUT2D eigenvalue weighted by atomic mass is 16.6. The van der Waals surface area contributed by atoms with Crippen molar-refractivity contribution < 1.29 is 14.4 Å². The van der Waals surface area contributed by atoms with Gasteiger partial charge in [-0.3, -0.25) is 10.1 Å². The van der Waals surface area contributed by atoms with Crippen LogP contribution in [0.25, 0.3) is 0 Å². The van der Waals surface area contributed by atoms with Crippen LogP contribution in [-0.2, 0) is 4.74 Å². The molecule has 0 unspecified atom stereocenters. The minimum absolute atomic E-state index is 0.0140. The summed E-state index contributed by atoms with van der Waals surface area (Å²) < 4.78 is 9.92. The number of hydrogen-bond donors (Lipinski definition) is 0. The maximum atomic E-state index is 10.8. The Balaban J connectivity index is 2.99. The van der Waals surface area contributed by atoms with Gasteiger partial charge in [0.05, 0.1) is 11.5 Å². The summed E-state index contributed by atoms with van der Waals surface area (Å²) >= 11 is 0.